The summed E-state index contributed by atoms with van der Waals surface area (Å²) >= 11 is 0. The molecule has 0 N–H and O–H groups in total. The fourth-order valence-corrected chi connectivity index (χ4v) is 1.29. The van der Waals surface area contributed by atoms with Crippen molar-refractivity contribution >= 4 is 11.8 Å². The standard InChI is InChI=1S/C12H16O4/c1-4-8(2)12(14)9-5-10(16-7-9)6-11(13)15-3/h5,7-8H,4,6H2,1-3H3. The second-order valence-corrected chi connectivity index (χ2v) is 3.73. The monoisotopic (exact) mass is 224 g/mol. The van der Waals surface area contributed by atoms with Gasteiger partial charge in [-0.1, -0.05) is 13.8 Å². The van der Waals surface area contributed by atoms with Crippen LogP contribution in [-0.4, -0.2) is 18.9 Å². The van der Waals surface area contributed by atoms with Gasteiger partial charge in [-0.3, -0.25) is 9.59 Å². The van der Waals surface area contributed by atoms with E-state index in [4.69, 9.17) is 4.42 Å². The van der Waals surface area contributed by atoms with Crippen LogP contribution in [-0.2, 0) is 16.0 Å². The van der Waals surface area contributed by atoms with Gasteiger partial charge in [-0.25, -0.2) is 0 Å². The molecule has 0 saturated heterocycles. The first kappa shape index (κ1) is 12.5. The van der Waals surface area contributed by atoms with Crippen LogP contribution in [0.1, 0.15) is 36.4 Å². The van der Waals surface area contributed by atoms with E-state index in [1.165, 1.54) is 13.4 Å². The average molecular weight is 224 g/mol. The minimum Gasteiger partial charge on any atom is -0.469 e. The maximum absolute atomic E-state index is 11.8. The predicted molar refractivity (Wildman–Crippen MR) is 58.2 cm³/mol. The van der Waals surface area contributed by atoms with Gasteiger partial charge in [0, 0.05) is 5.92 Å². The van der Waals surface area contributed by atoms with Crippen molar-refractivity contribution in [1.82, 2.24) is 0 Å². The number of Topliss-reactive ketones (excluding diaryl/α,β-unsaturated/α-hetero) is 1. The molecule has 88 valence electrons. The van der Waals surface area contributed by atoms with Gasteiger partial charge in [0.2, 0.25) is 0 Å². The molecule has 0 radical (unpaired) electrons. The molecule has 0 saturated carbocycles. The average Bonchev–Trinajstić information content (AvgIpc) is 2.75. The molecular weight excluding hydrogens is 208 g/mol. The molecule has 1 heterocycles. The number of hydrogen-bond donors (Lipinski definition) is 0. The molecule has 0 spiro atoms. The summed E-state index contributed by atoms with van der Waals surface area (Å²) in [6.45, 7) is 3.83. The number of furan rings is 1. The van der Waals surface area contributed by atoms with Crippen LogP contribution in [0.5, 0.6) is 0 Å². The molecule has 16 heavy (non-hydrogen) atoms. The van der Waals surface area contributed by atoms with E-state index in [2.05, 4.69) is 4.74 Å². The van der Waals surface area contributed by atoms with E-state index in [9.17, 15) is 9.59 Å². The van der Waals surface area contributed by atoms with Gasteiger partial charge in [0.25, 0.3) is 0 Å². The van der Waals surface area contributed by atoms with Crippen molar-refractivity contribution in [1.29, 1.82) is 0 Å². The molecule has 4 heteroatoms. The molecule has 0 aromatic carbocycles. The zero-order valence-corrected chi connectivity index (χ0v) is 9.78. The summed E-state index contributed by atoms with van der Waals surface area (Å²) in [5, 5.41) is 0. The number of methoxy groups -OCH3 is 1. The third-order valence-corrected chi connectivity index (χ3v) is 2.54. The lowest BCUT2D eigenvalue weighted by atomic mass is 9.99. The topological polar surface area (TPSA) is 56.5 Å². The summed E-state index contributed by atoms with van der Waals surface area (Å²) < 4.78 is 9.64. The molecule has 1 aromatic heterocycles. The van der Waals surface area contributed by atoms with E-state index in [0.29, 0.717) is 11.3 Å². The first-order valence-corrected chi connectivity index (χ1v) is 5.26. The Morgan fingerprint density at radius 2 is 2.19 bits per heavy atom. The number of hydrogen-bond acceptors (Lipinski definition) is 4. The fraction of sp³-hybridized carbons (Fsp3) is 0.500. The molecule has 4 nitrogen and oxygen atoms in total. The van der Waals surface area contributed by atoms with Crippen molar-refractivity contribution < 1.29 is 18.7 Å². The van der Waals surface area contributed by atoms with Crippen molar-refractivity contribution in [2.24, 2.45) is 5.92 Å². The van der Waals surface area contributed by atoms with Crippen molar-refractivity contribution in [2.45, 2.75) is 26.7 Å². The predicted octanol–water partition coefficient (Wildman–Crippen LogP) is 2.22. The maximum atomic E-state index is 11.8. The number of ether oxygens (including phenoxy) is 1. The van der Waals surface area contributed by atoms with Gasteiger partial charge >= 0.3 is 5.97 Å². The lowest BCUT2D eigenvalue weighted by Crippen LogP contribution is -2.09. The lowest BCUT2D eigenvalue weighted by Gasteiger charge is -2.03. The van der Waals surface area contributed by atoms with E-state index < -0.39 is 0 Å². The highest BCUT2D eigenvalue weighted by Gasteiger charge is 2.17. The number of esters is 1. The van der Waals surface area contributed by atoms with Crippen LogP contribution in [0.3, 0.4) is 0 Å². The Labute approximate surface area is 94.6 Å². The zero-order chi connectivity index (χ0) is 12.1. The summed E-state index contributed by atoms with van der Waals surface area (Å²) in [6, 6.07) is 1.60. The van der Waals surface area contributed by atoms with E-state index in [0.717, 1.165) is 6.42 Å². The number of ketones is 1. The van der Waals surface area contributed by atoms with E-state index in [1.807, 2.05) is 13.8 Å². The van der Waals surface area contributed by atoms with E-state index in [-0.39, 0.29) is 24.1 Å². The molecule has 0 aliphatic rings. The quantitative estimate of drug-likeness (QED) is 0.568. The second-order valence-electron chi connectivity index (χ2n) is 3.73. The Hall–Kier alpha value is -1.58. The summed E-state index contributed by atoms with van der Waals surface area (Å²) in [4.78, 5) is 22.8. The molecule has 1 aromatic rings. The highest BCUT2D eigenvalue weighted by molar-refractivity contribution is 5.97. The molecule has 0 fully saturated rings. The Morgan fingerprint density at radius 1 is 1.50 bits per heavy atom. The SMILES string of the molecule is CCC(C)C(=O)c1coc(CC(=O)OC)c1. The Kier molecular flexibility index (Phi) is 4.28. The van der Waals surface area contributed by atoms with Crippen LogP contribution < -0.4 is 0 Å². The van der Waals surface area contributed by atoms with Crippen molar-refractivity contribution in [3.63, 3.8) is 0 Å². The minimum absolute atomic E-state index is 0.0245. The van der Waals surface area contributed by atoms with Crippen LogP contribution in [0.2, 0.25) is 0 Å². The van der Waals surface area contributed by atoms with E-state index in [1.54, 1.807) is 6.07 Å². The summed E-state index contributed by atoms with van der Waals surface area (Å²) in [7, 11) is 1.32. The van der Waals surface area contributed by atoms with Crippen molar-refractivity contribution in [3.8, 4) is 0 Å². The smallest absolute Gasteiger partial charge is 0.313 e. The van der Waals surface area contributed by atoms with Gasteiger partial charge in [0.15, 0.2) is 5.78 Å². The minimum atomic E-state index is -0.378. The van der Waals surface area contributed by atoms with Crippen LogP contribution >= 0.6 is 0 Å². The second kappa shape index (κ2) is 5.49. The van der Waals surface area contributed by atoms with Gasteiger partial charge in [-0.05, 0) is 12.5 Å². The summed E-state index contributed by atoms with van der Waals surface area (Å²) in [5.74, 6) is 0.0985. The van der Waals surface area contributed by atoms with E-state index >= 15 is 0 Å². The first-order chi connectivity index (χ1) is 7.58. The molecule has 0 aliphatic carbocycles. The van der Waals surface area contributed by atoms with Crippen molar-refractivity contribution in [2.75, 3.05) is 7.11 Å². The maximum Gasteiger partial charge on any atom is 0.313 e. The Bertz CT molecular complexity index is 378. The largest absolute Gasteiger partial charge is 0.469 e. The molecule has 0 amide bonds. The summed E-state index contributed by atoms with van der Waals surface area (Å²) in [5.41, 5.74) is 0.522. The van der Waals surface area contributed by atoms with Gasteiger partial charge in [0.05, 0.1) is 12.7 Å². The van der Waals surface area contributed by atoms with Gasteiger partial charge < -0.3 is 9.15 Å². The Morgan fingerprint density at radius 3 is 2.75 bits per heavy atom. The molecule has 1 atom stereocenters. The molecule has 1 unspecified atom stereocenters. The molecular formula is C12H16O4. The number of rotatable bonds is 5. The zero-order valence-electron chi connectivity index (χ0n) is 9.78. The van der Waals surface area contributed by atoms with Gasteiger partial charge in [0.1, 0.15) is 18.4 Å². The Balaban J connectivity index is 2.71. The molecule has 0 bridgehead atoms. The van der Waals surface area contributed by atoms with Crippen molar-refractivity contribution in [3.05, 3.63) is 23.7 Å². The first-order valence-electron chi connectivity index (χ1n) is 5.26. The lowest BCUT2D eigenvalue weighted by molar-refractivity contribution is -0.140. The van der Waals surface area contributed by atoms with Crippen LogP contribution in [0.15, 0.2) is 16.7 Å². The van der Waals surface area contributed by atoms with Gasteiger partial charge in [-0.15, -0.1) is 0 Å². The number of carbonyl (C=O) groups excluding carboxylic acids is 2. The highest BCUT2D eigenvalue weighted by Crippen LogP contribution is 2.15. The third-order valence-electron chi connectivity index (χ3n) is 2.54. The fourth-order valence-electron chi connectivity index (χ4n) is 1.29. The molecule has 0 aliphatic heterocycles. The normalized spacial score (nSPS) is 12.2. The summed E-state index contributed by atoms with van der Waals surface area (Å²) in [6.07, 6.45) is 2.24. The van der Waals surface area contributed by atoms with Crippen LogP contribution in [0.25, 0.3) is 0 Å². The number of carbonyl (C=O) groups is 2. The highest BCUT2D eigenvalue weighted by atomic mass is 16.5. The molecule has 1 rings (SSSR count). The van der Waals surface area contributed by atoms with Gasteiger partial charge in [-0.2, -0.15) is 0 Å². The van der Waals surface area contributed by atoms with Crippen LogP contribution in [0.4, 0.5) is 0 Å². The third kappa shape index (κ3) is 2.95. The van der Waals surface area contributed by atoms with Crippen LogP contribution in [0, 0.1) is 5.92 Å².